The van der Waals surface area contributed by atoms with E-state index in [0.29, 0.717) is 10.4 Å². The zero-order valence-corrected chi connectivity index (χ0v) is 12.7. The molecule has 0 aliphatic rings. The fraction of sp³-hybridized carbons (Fsp3) is 0.167. The number of nitrogens with two attached hydrogens (primary N) is 1. The van der Waals surface area contributed by atoms with Gasteiger partial charge in [-0.25, -0.2) is 15.0 Å². The van der Waals surface area contributed by atoms with Gasteiger partial charge >= 0.3 is 6.18 Å². The first kappa shape index (κ1) is 16.1. The predicted molar refractivity (Wildman–Crippen MR) is 76.1 cm³/mol. The Bertz CT molecular complexity index is 735. The Morgan fingerprint density at radius 3 is 2.59 bits per heavy atom. The summed E-state index contributed by atoms with van der Waals surface area (Å²) in [6, 6.07) is 0.718. The predicted octanol–water partition coefficient (Wildman–Crippen LogP) is 2.80. The fourth-order valence-corrected chi connectivity index (χ4v) is 2.00. The minimum atomic E-state index is -4.66. The van der Waals surface area contributed by atoms with Gasteiger partial charge in [0.1, 0.15) is 5.82 Å². The lowest BCUT2D eigenvalue weighted by Gasteiger charge is -2.12. The molecule has 0 aliphatic carbocycles. The molecule has 10 heteroatoms. The summed E-state index contributed by atoms with van der Waals surface area (Å²) >= 11 is 3.05. The van der Waals surface area contributed by atoms with Crippen LogP contribution >= 0.6 is 15.9 Å². The highest BCUT2D eigenvalue weighted by Crippen LogP contribution is 2.33. The molecule has 0 saturated heterocycles. The second-order valence-electron chi connectivity index (χ2n) is 4.25. The molecule has 22 heavy (non-hydrogen) atoms. The summed E-state index contributed by atoms with van der Waals surface area (Å²) < 4.78 is 38.5. The van der Waals surface area contributed by atoms with Gasteiger partial charge in [-0.2, -0.15) is 13.2 Å². The van der Waals surface area contributed by atoms with E-state index in [4.69, 9.17) is 5.73 Å². The van der Waals surface area contributed by atoms with Crippen molar-refractivity contribution in [3.8, 4) is 0 Å². The molecule has 0 aliphatic heterocycles. The van der Waals surface area contributed by atoms with Gasteiger partial charge in [0.25, 0.3) is 5.91 Å². The van der Waals surface area contributed by atoms with E-state index in [1.165, 1.54) is 6.20 Å². The van der Waals surface area contributed by atoms with Crippen molar-refractivity contribution in [3.63, 3.8) is 0 Å². The molecule has 1 amide bonds. The summed E-state index contributed by atoms with van der Waals surface area (Å²) in [7, 11) is 0. The van der Waals surface area contributed by atoms with Crippen molar-refractivity contribution < 1.29 is 18.0 Å². The van der Waals surface area contributed by atoms with E-state index in [1.807, 2.05) is 0 Å². The monoisotopic (exact) mass is 375 g/mol. The van der Waals surface area contributed by atoms with Crippen LogP contribution in [-0.4, -0.2) is 20.9 Å². The lowest BCUT2D eigenvalue weighted by atomic mass is 10.2. The number of amides is 1. The molecule has 0 saturated carbocycles. The topological polar surface area (TPSA) is 93.8 Å². The summed E-state index contributed by atoms with van der Waals surface area (Å²) in [5, 5.41) is 2.31. The van der Waals surface area contributed by atoms with Gasteiger partial charge in [0.05, 0.1) is 28.7 Å². The maximum Gasteiger partial charge on any atom is 0.420 e. The summed E-state index contributed by atoms with van der Waals surface area (Å²) in [6.45, 7) is 1.57. The second-order valence-corrected chi connectivity index (χ2v) is 4.96. The number of carbonyl (C=O) groups excluding carboxylic acids is 1. The van der Waals surface area contributed by atoms with Gasteiger partial charge in [0.2, 0.25) is 0 Å². The van der Waals surface area contributed by atoms with Crippen molar-refractivity contribution >= 4 is 33.3 Å². The first-order chi connectivity index (χ1) is 10.2. The van der Waals surface area contributed by atoms with Crippen molar-refractivity contribution in [2.24, 2.45) is 0 Å². The molecule has 6 nitrogen and oxygen atoms in total. The highest BCUT2D eigenvalue weighted by molar-refractivity contribution is 9.10. The van der Waals surface area contributed by atoms with Crippen LogP contribution in [0, 0.1) is 6.92 Å². The molecular formula is C12H9BrF3N5O. The minimum Gasteiger partial charge on any atom is -0.383 e. The summed E-state index contributed by atoms with van der Waals surface area (Å²) in [4.78, 5) is 23.2. The first-order valence-electron chi connectivity index (χ1n) is 5.81. The number of nitrogen functional groups attached to an aromatic ring is 1. The summed E-state index contributed by atoms with van der Waals surface area (Å²) in [5.41, 5.74) is 4.45. The third-order valence-corrected chi connectivity index (χ3v) is 3.06. The van der Waals surface area contributed by atoms with Crippen molar-refractivity contribution in [1.29, 1.82) is 0 Å². The van der Waals surface area contributed by atoms with Crippen LogP contribution in [0.2, 0.25) is 0 Å². The van der Waals surface area contributed by atoms with E-state index < -0.39 is 23.5 Å². The van der Waals surface area contributed by atoms with Crippen molar-refractivity contribution in [2.75, 3.05) is 11.1 Å². The maximum atomic E-state index is 12.7. The van der Waals surface area contributed by atoms with Gasteiger partial charge in [-0.15, -0.1) is 0 Å². The molecule has 0 unspecified atom stereocenters. The number of anilines is 2. The van der Waals surface area contributed by atoms with Crippen molar-refractivity contribution in [1.82, 2.24) is 15.0 Å². The van der Waals surface area contributed by atoms with Gasteiger partial charge in [-0.05, 0) is 28.9 Å². The van der Waals surface area contributed by atoms with Gasteiger partial charge in [0, 0.05) is 6.20 Å². The zero-order chi connectivity index (χ0) is 16.5. The number of aromatic nitrogens is 3. The van der Waals surface area contributed by atoms with Crippen LogP contribution in [0.4, 0.5) is 24.7 Å². The Hall–Kier alpha value is -2.23. The quantitative estimate of drug-likeness (QED) is 0.787. The van der Waals surface area contributed by atoms with E-state index in [9.17, 15) is 18.0 Å². The van der Waals surface area contributed by atoms with E-state index in [0.717, 1.165) is 12.3 Å². The number of nitrogens with zero attached hydrogens (tertiary/aromatic N) is 3. The molecule has 0 atom stereocenters. The Labute approximate surface area is 131 Å². The molecule has 3 N–H and O–H groups in total. The lowest BCUT2D eigenvalue weighted by molar-refractivity contribution is -0.137. The highest BCUT2D eigenvalue weighted by atomic mass is 79.9. The Morgan fingerprint density at radius 2 is 2.00 bits per heavy atom. The number of hydrogen-bond donors (Lipinski definition) is 2. The van der Waals surface area contributed by atoms with Gasteiger partial charge in [-0.3, -0.25) is 4.79 Å². The average Bonchev–Trinajstić information content (AvgIpc) is 2.39. The number of aryl methyl sites for hydroxylation is 1. The Morgan fingerprint density at radius 1 is 1.32 bits per heavy atom. The van der Waals surface area contributed by atoms with Crippen molar-refractivity contribution in [2.45, 2.75) is 13.1 Å². The van der Waals surface area contributed by atoms with E-state index >= 15 is 0 Å². The Kier molecular flexibility index (Phi) is 4.31. The van der Waals surface area contributed by atoms with Crippen LogP contribution in [0.15, 0.2) is 23.2 Å². The highest BCUT2D eigenvalue weighted by Gasteiger charge is 2.34. The molecule has 0 spiro atoms. The number of alkyl halides is 3. The zero-order valence-electron chi connectivity index (χ0n) is 11.1. The molecule has 0 aromatic carbocycles. The average molecular weight is 376 g/mol. The number of pyridine rings is 1. The van der Waals surface area contributed by atoms with Crippen LogP contribution in [0.5, 0.6) is 0 Å². The standard InChI is InChI=1S/C12H9BrF3N5O/c1-5-7(4-19-11(13)20-5)10(22)21-6-2-8(12(14,15)16)9(17)18-3-6/h2-4H,1H3,(H2,17,18)(H,21,22). The molecular weight excluding hydrogens is 367 g/mol. The van der Waals surface area contributed by atoms with Crippen molar-refractivity contribution in [3.05, 3.63) is 40.0 Å². The number of carbonyl (C=O) groups is 1. The maximum absolute atomic E-state index is 12.7. The lowest BCUT2D eigenvalue weighted by Crippen LogP contribution is -2.17. The molecule has 0 bridgehead atoms. The minimum absolute atomic E-state index is 0.131. The van der Waals surface area contributed by atoms with Crippen LogP contribution in [0.1, 0.15) is 21.6 Å². The van der Waals surface area contributed by atoms with Crippen LogP contribution in [0.25, 0.3) is 0 Å². The number of rotatable bonds is 2. The largest absolute Gasteiger partial charge is 0.420 e. The van der Waals surface area contributed by atoms with Gasteiger partial charge in [-0.1, -0.05) is 0 Å². The number of nitrogens with one attached hydrogen (secondary N) is 1. The smallest absolute Gasteiger partial charge is 0.383 e. The second kappa shape index (κ2) is 5.87. The van der Waals surface area contributed by atoms with Crippen LogP contribution in [-0.2, 0) is 6.18 Å². The Balaban J connectivity index is 2.29. The van der Waals surface area contributed by atoms with E-state index in [1.54, 1.807) is 6.92 Å². The molecule has 2 aromatic heterocycles. The first-order valence-corrected chi connectivity index (χ1v) is 6.61. The molecule has 2 rings (SSSR count). The van der Waals surface area contributed by atoms with Crippen LogP contribution < -0.4 is 11.1 Å². The molecule has 0 radical (unpaired) electrons. The normalized spacial score (nSPS) is 11.3. The molecule has 0 fully saturated rings. The molecule has 2 aromatic rings. The van der Waals surface area contributed by atoms with E-state index in [2.05, 4.69) is 36.2 Å². The SMILES string of the molecule is Cc1nc(Br)ncc1C(=O)Nc1cnc(N)c(C(F)(F)F)c1. The number of halogens is 4. The number of hydrogen-bond acceptors (Lipinski definition) is 5. The van der Waals surface area contributed by atoms with Crippen LogP contribution in [0.3, 0.4) is 0 Å². The summed E-state index contributed by atoms with van der Waals surface area (Å²) in [6.07, 6.45) is -2.36. The molecule has 2 heterocycles. The molecule has 116 valence electrons. The van der Waals surface area contributed by atoms with Gasteiger partial charge < -0.3 is 11.1 Å². The summed E-state index contributed by atoms with van der Waals surface area (Å²) in [5.74, 6) is -1.31. The third kappa shape index (κ3) is 3.50. The van der Waals surface area contributed by atoms with E-state index in [-0.39, 0.29) is 11.3 Å². The third-order valence-electron chi connectivity index (χ3n) is 2.68. The van der Waals surface area contributed by atoms with Gasteiger partial charge in [0.15, 0.2) is 4.73 Å². The fourth-order valence-electron chi connectivity index (χ4n) is 1.63.